The van der Waals surface area contributed by atoms with Crippen LogP contribution in [0.4, 0.5) is 0 Å². The quantitative estimate of drug-likeness (QED) is 0.779. The summed E-state index contributed by atoms with van der Waals surface area (Å²) in [6, 6.07) is 16.3. The van der Waals surface area contributed by atoms with E-state index >= 15 is 0 Å². The van der Waals surface area contributed by atoms with E-state index in [0.29, 0.717) is 16.5 Å². The number of hydrogen-bond acceptors (Lipinski definition) is 3. The Morgan fingerprint density at radius 3 is 2.31 bits per heavy atom. The molecule has 0 atom stereocenters. The fourth-order valence-corrected chi connectivity index (χ4v) is 5.12. The molecular formula is C19H24Cl2N2O2S. The first kappa shape index (κ1) is 21.2. The number of nitrogens with two attached hydrogens (primary N) is 1. The van der Waals surface area contributed by atoms with E-state index in [9.17, 15) is 8.42 Å². The molecule has 4 nitrogen and oxygen atoms in total. The van der Waals surface area contributed by atoms with Crippen LogP contribution in [0.25, 0.3) is 0 Å². The van der Waals surface area contributed by atoms with Crippen LogP contribution in [0.1, 0.15) is 31.2 Å². The molecule has 0 unspecified atom stereocenters. The van der Waals surface area contributed by atoms with Crippen molar-refractivity contribution < 1.29 is 8.42 Å². The maximum absolute atomic E-state index is 12.5. The zero-order valence-electron chi connectivity index (χ0n) is 14.4. The van der Waals surface area contributed by atoms with Crippen LogP contribution in [0.15, 0.2) is 59.5 Å². The van der Waals surface area contributed by atoms with Crippen molar-refractivity contribution in [2.45, 2.75) is 42.0 Å². The lowest BCUT2D eigenvalue weighted by atomic mass is 9.68. The van der Waals surface area contributed by atoms with E-state index in [2.05, 4.69) is 10.8 Å². The molecule has 1 aliphatic rings. The third-order valence-corrected chi connectivity index (χ3v) is 6.92. The summed E-state index contributed by atoms with van der Waals surface area (Å²) in [5.41, 5.74) is 7.12. The zero-order valence-corrected chi connectivity index (χ0v) is 16.8. The van der Waals surface area contributed by atoms with Crippen LogP contribution in [0, 0.1) is 0 Å². The molecule has 0 spiro atoms. The van der Waals surface area contributed by atoms with E-state index in [-0.39, 0.29) is 23.9 Å². The first-order valence-corrected chi connectivity index (χ1v) is 10.3. The molecule has 0 aromatic heterocycles. The molecule has 26 heavy (non-hydrogen) atoms. The van der Waals surface area contributed by atoms with Crippen LogP contribution in [0.3, 0.4) is 0 Å². The van der Waals surface area contributed by atoms with Crippen molar-refractivity contribution >= 4 is 34.0 Å². The number of benzene rings is 2. The van der Waals surface area contributed by atoms with Crippen molar-refractivity contribution in [3.8, 4) is 0 Å². The number of halogens is 2. The Bertz CT molecular complexity index is 820. The molecule has 1 fully saturated rings. The Hall–Kier alpha value is -1.11. The molecule has 0 saturated heterocycles. The van der Waals surface area contributed by atoms with E-state index in [0.717, 1.165) is 31.2 Å². The molecule has 0 aliphatic heterocycles. The van der Waals surface area contributed by atoms with Gasteiger partial charge < -0.3 is 5.73 Å². The summed E-state index contributed by atoms with van der Waals surface area (Å²) < 4.78 is 27.8. The number of sulfonamides is 1. The van der Waals surface area contributed by atoms with Crippen LogP contribution < -0.4 is 10.5 Å². The Morgan fingerprint density at radius 1 is 1.08 bits per heavy atom. The summed E-state index contributed by atoms with van der Waals surface area (Å²) in [6.07, 6.45) is 3.20. The van der Waals surface area contributed by atoms with Gasteiger partial charge in [0.05, 0.1) is 4.90 Å². The molecule has 1 aliphatic carbocycles. The minimum atomic E-state index is -3.48. The van der Waals surface area contributed by atoms with E-state index in [1.165, 1.54) is 0 Å². The van der Waals surface area contributed by atoms with Gasteiger partial charge in [0.25, 0.3) is 0 Å². The zero-order chi connectivity index (χ0) is 17.9. The molecule has 0 amide bonds. The predicted molar refractivity (Wildman–Crippen MR) is 108 cm³/mol. The lowest BCUT2D eigenvalue weighted by molar-refractivity contribution is 0.267. The van der Waals surface area contributed by atoms with E-state index in [1.54, 1.807) is 30.3 Å². The van der Waals surface area contributed by atoms with Gasteiger partial charge in [-0.05, 0) is 55.5 Å². The molecule has 2 aromatic rings. The summed E-state index contributed by atoms with van der Waals surface area (Å²) in [5.74, 6) is 0. The van der Waals surface area contributed by atoms with Crippen molar-refractivity contribution in [3.63, 3.8) is 0 Å². The standard InChI is InChI=1S/C19H23ClN2O2S.ClH/c20-16-6-4-5-15(13-16)19(14-21)11-9-17(10-12-19)22-25(23,24)18-7-2-1-3-8-18;/h1-8,13,17,22H,9-12,14,21H2;1H/t17-,19-;. The minimum absolute atomic E-state index is 0. The highest BCUT2D eigenvalue weighted by Gasteiger charge is 2.37. The molecule has 2 aromatic carbocycles. The van der Waals surface area contributed by atoms with Gasteiger partial charge in [-0.2, -0.15) is 0 Å². The lowest BCUT2D eigenvalue weighted by Crippen LogP contribution is -2.45. The van der Waals surface area contributed by atoms with Gasteiger partial charge in [-0.1, -0.05) is 41.9 Å². The molecule has 0 radical (unpaired) electrons. The molecule has 0 bridgehead atoms. The van der Waals surface area contributed by atoms with Crippen molar-refractivity contribution in [1.82, 2.24) is 4.72 Å². The Balaban J connectivity index is 0.00000243. The second kappa shape index (κ2) is 8.72. The molecule has 142 valence electrons. The van der Waals surface area contributed by atoms with Gasteiger partial charge >= 0.3 is 0 Å². The van der Waals surface area contributed by atoms with Gasteiger partial charge in [0.15, 0.2) is 0 Å². The highest BCUT2D eigenvalue weighted by atomic mass is 35.5. The van der Waals surface area contributed by atoms with Crippen molar-refractivity contribution in [2.24, 2.45) is 5.73 Å². The second-order valence-electron chi connectivity index (χ2n) is 6.70. The maximum atomic E-state index is 12.5. The van der Waals surface area contributed by atoms with Gasteiger partial charge in [0.1, 0.15) is 0 Å². The van der Waals surface area contributed by atoms with Crippen LogP contribution in [0.2, 0.25) is 5.02 Å². The summed E-state index contributed by atoms with van der Waals surface area (Å²) in [4.78, 5) is 0.306. The molecule has 1 saturated carbocycles. The second-order valence-corrected chi connectivity index (χ2v) is 8.85. The summed E-state index contributed by atoms with van der Waals surface area (Å²) >= 11 is 6.13. The van der Waals surface area contributed by atoms with Crippen LogP contribution in [0.5, 0.6) is 0 Å². The highest BCUT2D eigenvalue weighted by molar-refractivity contribution is 7.89. The van der Waals surface area contributed by atoms with Gasteiger partial charge in [-0.15, -0.1) is 12.4 Å². The van der Waals surface area contributed by atoms with Gasteiger partial charge in [-0.3, -0.25) is 0 Å². The smallest absolute Gasteiger partial charge is 0.240 e. The van der Waals surface area contributed by atoms with Crippen molar-refractivity contribution in [1.29, 1.82) is 0 Å². The molecule has 3 N–H and O–H groups in total. The van der Waals surface area contributed by atoms with E-state index < -0.39 is 10.0 Å². The number of rotatable bonds is 5. The third kappa shape index (κ3) is 4.59. The molecule has 0 heterocycles. The lowest BCUT2D eigenvalue weighted by Gasteiger charge is -2.40. The normalized spacial score (nSPS) is 23.2. The summed E-state index contributed by atoms with van der Waals surface area (Å²) in [7, 11) is -3.48. The van der Waals surface area contributed by atoms with E-state index in [1.807, 2.05) is 18.2 Å². The van der Waals surface area contributed by atoms with Gasteiger partial charge in [0.2, 0.25) is 10.0 Å². The number of nitrogens with one attached hydrogen (secondary N) is 1. The van der Waals surface area contributed by atoms with Gasteiger partial charge in [0, 0.05) is 23.0 Å². The predicted octanol–water partition coefficient (Wildman–Crippen LogP) is 3.88. The third-order valence-electron chi connectivity index (χ3n) is 5.15. The monoisotopic (exact) mass is 414 g/mol. The minimum Gasteiger partial charge on any atom is -0.330 e. The fraction of sp³-hybridized carbons (Fsp3) is 0.368. The number of hydrogen-bond donors (Lipinski definition) is 2. The summed E-state index contributed by atoms with van der Waals surface area (Å²) in [6.45, 7) is 0.533. The maximum Gasteiger partial charge on any atom is 0.240 e. The molecular weight excluding hydrogens is 391 g/mol. The van der Waals surface area contributed by atoms with Crippen LogP contribution in [-0.2, 0) is 15.4 Å². The SMILES string of the molecule is Cl.NC[C@]1(c2cccc(Cl)c2)CC[C@H](NS(=O)(=O)c2ccccc2)CC1. The first-order valence-electron chi connectivity index (χ1n) is 8.49. The Kier molecular flexibility index (Phi) is 7.11. The van der Waals surface area contributed by atoms with Crippen molar-refractivity contribution in [3.05, 3.63) is 65.2 Å². The van der Waals surface area contributed by atoms with Gasteiger partial charge in [-0.25, -0.2) is 13.1 Å². The molecule has 7 heteroatoms. The fourth-order valence-electron chi connectivity index (χ4n) is 3.60. The Labute approximate surface area is 166 Å². The van der Waals surface area contributed by atoms with Crippen molar-refractivity contribution in [2.75, 3.05) is 6.54 Å². The highest BCUT2D eigenvalue weighted by Crippen LogP contribution is 2.39. The topological polar surface area (TPSA) is 72.2 Å². The largest absolute Gasteiger partial charge is 0.330 e. The van der Waals surface area contributed by atoms with E-state index in [4.69, 9.17) is 17.3 Å². The van der Waals surface area contributed by atoms with Crippen LogP contribution in [-0.4, -0.2) is 21.0 Å². The average Bonchev–Trinajstić information content (AvgIpc) is 2.63. The summed E-state index contributed by atoms with van der Waals surface area (Å²) in [5, 5.41) is 0.706. The first-order chi connectivity index (χ1) is 12.0. The Morgan fingerprint density at radius 2 is 1.73 bits per heavy atom. The van der Waals surface area contributed by atoms with Crippen LogP contribution >= 0.6 is 24.0 Å². The molecule has 3 rings (SSSR count). The average molecular weight is 415 g/mol.